The normalized spacial score (nSPS) is 20.0. The van der Waals surface area contributed by atoms with Crippen molar-refractivity contribution in [1.29, 1.82) is 5.26 Å². The van der Waals surface area contributed by atoms with Crippen molar-refractivity contribution in [2.75, 3.05) is 28.6 Å². The molecule has 1 aliphatic carbocycles. The van der Waals surface area contributed by atoms with Crippen LogP contribution in [0.5, 0.6) is 0 Å². The quantitative estimate of drug-likeness (QED) is 0.286. The summed E-state index contributed by atoms with van der Waals surface area (Å²) >= 11 is 1.61. The van der Waals surface area contributed by atoms with Crippen molar-refractivity contribution in [2.45, 2.75) is 38.8 Å². The first kappa shape index (κ1) is 25.3. The second-order valence-corrected chi connectivity index (χ2v) is 11.9. The number of hydrogen-bond acceptors (Lipinski definition) is 11. The van der Waals surface area contributed by atoms with E-state index in [4.69, 9.17) is 4.98 Å². The Morgan fingerprint density at radius 1 is 1.02 bits per heavy atom. The number of anilines is 3. The molecule has 41 heavy (non-hydrogen) atoms. The van der Waals surface area contributed by atoms with E-state index in [1.165, 1.54) is 12.8 Å². The van der Waals surface area contributed by atoms with Crippen LogP contribution in [0.2, 0.25) is 0 Å². The molecule has 6 heterocycles. The van der Waals surface area contributed by atoms with Crippen LogP contribution in [-0.4, -0.2) is 59.9 Å². The summed E-state index contributed by atoms with van der Waals surface area (Å²) < 4.78 is 1.81. The highest BCUT2D eigenvalue weighted by Gasteiger charge is 2.43. The molecule has 206 valence electrons. The standard InChI is InChI=1S/C29H29N11S/c1-17(2)35-23-11-24(25-7-6-21-10-18(12-30)13-34-40(21)25)33-14-22(23)27-37-38-29(41-27)39-15-19-4-5-20(16-39)26(19)36-28-31-8-3-9-32-28/h3,6-11,13-14,17,19-20,26H,4-5,15-16H2,1-2H3,(H,33,35)(H,31,32,36)/t19-,20+,26?. The molecule has 1 aliphatic heterocycles. The van der Waals surface area contributed by atoms with Crippen LogP contribution in [0.25, 0.3) is 27.5 Å². The Bertz CT molecular complexity index is 1720. The van der Waals surface area contributed by atoms with Gasteiger partial charge in [0.2, 0.25) is 11.1 Å². The van der Waals surface area contributed by atoms with Gasteiger partial charge >= 0.3 is 0 Å². The van der Waals surface area contributed by atoms with Gasteiger partial charge in [0.15, 0.2) is 5.01 Å². The van der Waals surface area contributed by atoms with Crippen LogP contribution in [0, 0.1) is 23.2 Å². The largest absolute Gasteiger partial charge is 0.382 e. The van der Waals surface area contributed by atoms with Crippen LogP contribution >= 0.6 is 11.3 Å². The van der Waals surface area contributed by atoms with Gasteiger partial charge in [-0.3, -0.25) is 4.98 Å². The van der Waals surface area contributed by atoms with E-state index >= 15 is 0 Å². The highest BCUT2D eigenvalue weighted by molar-refractivity contribution is 7.18. The lowest BCUT2D eigenvalue weighted by Gasteiger charge is -2.38. The molecule has 1 saturated heterocycles. The molecule has 2 aliphatic rings. The molecule has 0 amide bonds. The average Bonchev–Trinajstić information content (AvgIpc) is 3.69. The SMILES string of the molecule is CC(C)Nc1cc(-c2ccc3cc(C#N)cnn23)ncc1-c1nnc(N2C[C@H]3CC[C@@H](C2)C3Nc2ncccn2)s1. The summed E-state index contributed by atoms with van der Waals surface area (Å²) in [7, 11) is 0. The molecule has 2 bridgehead atoms. The van der Waals surface area contributed by atoms with Gasteiger partial charge in [-0.1, -0.05) is 11.3 Å². The van der Waals surface area contributed by atoms with Gasteiger partial charge in [0.05, 0.1) is 34.2 Å². The highest BCUT2D eigenvalue weighted by atomic mass is 32.1. The minimum atomic E-state index is 0.215. The van der Waals surface area contributed by atoms with Crippen LogP contribution in [0.4, 0.5) is 16.8 Å². The number of pyridine rings is 1. The lowest BCUT2D eigenvalue weighted by atomic mass is 9.92. The number of piperidine rings is 1. The molecular formula is C29H29N11S. The molecule has 0 aromatic carbocycles. The molecule has 2 fully saturated rings. The first-order chi connectivity index (χ1) is 20.1. The summed E-state index contributed by atoms with van der Waals surface area (Å²) in [4.78, 5) is 15.9. The summed E-state index contributed by atoms with van der Waals surface area (Å²) in [5.41, 5.74) is 4.88. The molecule has 0 radical (unpaired) electrons. The molecule has 7 rings (SSSR count). The Morgan fingerprint density at radius 2 is 1.83 bits per heavy atom. The number of aromatic nitrogens is 7. The van der Waals surface area contributed by atoms with E-state index in [2.05, 4.69) is 60.7 Å². The smallest absolute Gasteiger partial charge is 0.222 e. The van der Waals surface area contributed by atoms with E-state index in [1.807, 2.05) is 41.0 Å². The number of nitrogens with one attached hydrogen (secondary N) is 2. The third-order valence-electron chi connectivity index (χ3n) is 7.85. The third kappa shape index (κ3) is 4.82. The molecule has 12 heteroatoms. The fourth-order valence-electron chi connectivity index (χ4n) is 6.04. The van der Waals surface area contributed by atoms with Crippen molar-refractivity contribution < 1.29 is 0 Å². The fraction of sp³-hybridized carbons (Fsp3) is 0.345. The lowest BCUT2D eigenvalue weighted by Crippen LogP contribution is -2.48. The minimum Gasteiger partial charge on any atom is -0.382 e. The summed E-state index contributed by atoms with van der Waals surface area (Å²) in [5.74, 6) is 1.73. The van der Waals surface area contributed by atoms with Crippen LogP contribution in [0.3, 0.4) is 0 Å². The summed E-state index contributed by atoms with van der Waals surface area (Å²) in [5, 5.41) is 31.9. The van der Waals surface area contributed by atoms with Crippen molar-refractivity contribution in [3.63, 3.8) is 0 Å². The molecule has 5 aromatic rings. The number of rotatable bonds is 7. The van der Waals surface area contributed by atoms with Crippen molar-refractivity contribution >= 4 is 33.6 Å². The summed E-state index contributed by atoms with van der Waals surface area (Å²) in [6.45, 7) is 6.10. The van der Waals surface area contributed by atoms with Gasteiger partial charge in [-0.25, -0.2) is 14.5 Å². The number of nitrogens with zero attached hydrogens (tertiary/aromatic N) is 9. The second kappa shape index (κ2) is 10.4. The topological polar surface area (TPSA) is 133 Å². The van der Waals surface area contributed by atoms with Crippen molar-refractivity contribution in [1.82, 2.24) is 34.8 Å². The van der Waals surface area contributed by atoms with Crippen LogP contribution < -0.4 is 15.5 Å². The van der Waals surface area contributed by atoms with E-state index in [0.717, 1.165) is 51.4 Å². The molecule has 0 spiro atoms. The van der Waals surface area contributed by atoms with Crippen LogP contribution in [0.1, 0.15) is 32.3 Å². The van der Waals surface area contributed by atoms with E-state index < -0.39 is 0 Å². The van der Waals surface area contributed by atoms with E-state index in [9.17, 15) is 5.26 Å². The monoisotopic (exact) mass is 563 g/mol. The number of fused-ring (bicyclic) bond motifs is 3. The zero-order valence-electron chi connectivity index (χ0n) is 22.8. The molecular weight excluding hydrogens is 534 g/mol. The average molecular weight is 564 g/mol. The van der Waals surface area contributed by atoms with Gasteiger partial charge in [0.1, 0.15) is 6.07 Å². The van der Waals surface area contributed by atoms with Crippen molar-refractivity contribution in [3.05, 3.63) is 60.7 Å². The van der Waals surface area contributed by atoms with Gasteiger partial charge in [0, 0.05) is 49.5 Å². The predicted octanol–water partition coefficient (Wildman–Crippen LogP) is 4.72. The van der Waals surface area contributed by atoms with Crippen LogP contribution in [-0.2, 0) is 0 Å². The zero-order valence-corrected chi connectivity index (χ0v) is 23.6. The molecule has 2 N–H and O–H groups in total. The molecule has 3 atom stereocenters. The maximum Gasteiger partial charge on any atom is 0.222 e. The van der Waals surface area contributed by atoms with Crippen molar-refractivity contribution in [3.8, 4) is 28.0 Å². The molecule has 1 saturated carbocycles. The fourth-order valence-corrected chi connectivity index (χ4v) is 6.93. The first-order valence-corrected chi connectivity index (χ1v) is 14.6. The maximum atomic E-state index is 9.22. The van der Waals surface area contributed by atoms with Gasteiger partial charge in [-0.05, 0) is 68.9 Å². The maximum absolute atomic E-state index is 9.22. The Balaban J connectivity index is 1.14. The van der Waals surface area contributed by atoms with Crippen molar-refractivity contribution in [2.24, 2.45) is 11.8 Å². The third-order valence-corrected chi connectivity index (χ3v) is 8.87. The Morgan fingerprint density at radius 3 is 2.59 bits per heavy atom. The summed E-state index contributed by atoms with van der Waals surface area (Å²) in [6, 6.07) is 12.4. The van der Waals surface area contributed by atoms with Gasteiger partial charge in [0.25, 0.3) is 0 Å². The van der Waals surface area contributed by atoms with E-state index in [1.54, 1.807) is 29.9 Å². The van der Waals surface area contributed by atoms with Gasteiger partial charge in [-0.15, -0.1) is 10.2 Å². The number of hydrogen-bond donors (Lipinski definition) is 2. The van der Waals surface area contributed by atoms with Crippen LogP contribution in [0.15, 0.2) is 55.1 Å². The lowest BCUT2D eigenvalue weighted by molar-refractivity contribution is 0.376. The first-order valence-electron chi connectivity index (χ1n) is 13.8. The Labute approximate surface area is 241 Å². The molecule has 11 nitrogen and oxygen atoms in total. The molecule has 1 unspecified atom stereocenters. The van der Waals surface area contributed by atoms with Gasteiger partial charge in [-0.2, -0.15) is 10.4 Å². The zero-order chi connectivity index (χ0) is 27.9. The van der Waals surface area contributed by atoms with E-state index in [-0.39, 0.29) is 6.04 Å². The summed E-state index contributed by atoms with van der Waals surface area (Å²) in [6.07, 6.45) is 9.37. The van der Waals surface area contributed by atoms with E-state index in [0.29, 0.717) is 29.4 Å². The Hall–Kier alpha value is -4.63. The van der Waals surface area contributed by atoms with Gasteiger partial charge < -0.3 is 15.5 Å². The molecule has 5 aromatic heterocycles. The minimum absolute atomic E-state index is 0.215. The Kier molecular flexibility index (Phi) is 6.43. The number of nitriles is 1. The second-order valence-electron chi connectivity index (χ2n) is 11.0. The predicted molar refractivity (Wildman–Crippen MR) is 159 cm³/mol. The highest BCUT2D eigenvalue weighted by Crippen LogP contribution is 2.42.